The van der Waals surface area contributed by atoms with Crippen LogP contribution in [0.25, 0.3) is 0 Å². The van der Waals surface area contributed by atoms with Crippen LogP contribution in [0.5, 0.6) is 11.5 Å². The summed E-state index contributed by atoms with van der Waals surface area (Å²) in [6.07, 6.45) is 0.830. The van der Waals surface area contributed by atoms with Crippen LogP contribution in [0.3, 0.4) is 0 Å². The molecular formula is C15H23IO3. The summed E-state index contributed by atoms with van der Waals surface area (Å²) in [7, 11) is 1.67. The number of hydrogen-bond acceptors (Lipinski definition) is 3. The van der Waals surface area contributed by atoms with Crippen LogP contribution in [0.15, 0.2) is 12.1 Å². The van der Waals surface area contributed by atoms with Crippen LogP contribution in [-0.4, -0.2) is 20.0 Å². The summed E-state index contributed by atoms with van der Waals surface area (Å²) in [6.45, 7) is 8.88. The lowest BCUT2D eigenvalue weighted by molar-refractivity contribution is -0.0628. The Hall–Kier alpha value is -0.490. The van der Waals surface area contributed by atoms with Crippen molar-refractivity contribution in [3.63, 3.8) is 0 Å². The van der Waals surface area contributed by atoms with Gasteiger partial charge in [0, 0.05) is 6.61 Å². The Balaban J connectivity index is 3.04. The Morgan fingerprint density at radius 3 is 2.42 bits per heavy atom. The molecule has 0 fully saturated rings. The predicted molar refractivity (Wildman–Crippen MR) is 86.1 cm³/mol. The first-order valence-corrected chi connectivity index (χ1v) is 7.76. The zero-order valence-electron chi connectivity index (χ0n) is 12.3. The highest BCUT2D eigenvalue weighted by atomic mass is 127. The topological polar surface area (TPSA) is 27.7 Å². The van der Waals surface area contributed by atoms with E-state index in [0.29, 0.717) is 12.5 Å². The molecule has 0 aromatic heterocycles. The summed E-state index contributed by atoms with van der Waals surface area (Å²) in [5, 5.41) is 0. The third kappa shape index (κ3) is 4.53. The number of hydrogen-bond donors (Lipinski definition) is 0. The molecule has 0 saturated carbocycles. The maximum absolute atomic E-state index is 5.82. The van der Waals surface area contributed by atoms with Crippen molar-refractivity contribution >= 4 is 22.6 Å². The van der Waals surface area contributed by atoms with Gasteiger partial charge in [0.05, 0.1) is 10.7 Å². The quantitative estimate of drug-likeness (QED) is 0.514. The zero-order chi connectivity index (χ0) is 14.4. The van der Waals surface area contributed by atoms with Crippen molar-refractivity contribution in [2.75, 3.05) is 13.7 Å². The average molecular weight is 378 g/mol. The monoisotopic (exact) mass is 378 g/mol. The first-order valence-electron chi connectivity index (χ1n) is 6.69. The second-order valence-corrected chi connectivity index (χ2v) is 5.65. The van der Waals surface area contributed by atoms with E-state index in [0.717, 1.165) is 21.5 Å². The molecule has 0 N–H and O–H groups in total. The number of rotatable bonds is 7. The molecule has 1 aromatic rings. The summed E-state index contributed by atoms with van der Waals surface area (Å²) >= 11 is 2.29. The van der Waals surface area contributed by atoms with Gasteiger partial charge < -0.3 is 14.2 Å². The van der Waals surface area contributed by atoms with E-state index in [1.54, 1.807) is 7.11 Å². The summed E-state index contributed by atoms with van der Waals surface area (Å²) in [5.41, 5.74) is 1.28. The lowest BCUT2D eigenvalue weighted by Gasteiger charge is -2.20. The van der Waals surface area contributed by atoms with E-state index in [9.17, 15) is 0 Å². The van der Waals surface area contributed by atoms with E-state index in [4.69, 9.17) is 14.2 Å². The molecule has 0 bridgehead atoms. The molecule has 3 nitrogen and oxygen atoms in total. The maximum Gasteiger partial charge on any atom is 0.197 e. The van der Waals surface area contributed by atoms with Gasteiger partial charge in [-0.25, -0.2) is 0 Å². The Kier molecular flexibility index (Phi) is 6.93. The van der Waals surface area contributed by atoms with Crippen LogP contribution in [0.4, 0.5) is 0 Å². The number of methoxy groups -OCH3 is 1. The molecule has 0 aliphatic carbocycles. The summed E-state index contributed by atoms with van der Waals surface area (Å²) in [5.74, 6) is 2.05. The Morgan fingerprint density at radius 2 is 1.89 bits per heavy atom. The summed E-state index contributed by atoms with van der Waals surface area (Å²) < 4.78 is 17.7. The molecule has 2 unspecified atom stereocenters. The van der Waals surface area contributed by atoms with Crippen molar-refractivity contribution in [2.45, 2.75) is 46.3 Å². The Bertz CT molecular complexity index is 407. The average Bonchev–Trinajstić information content (AvgIpc) is 2.40. The van der Waals surface area contributed by atoms with Crippen molar-refractivity contribution in [3.05, 3.63) is 21.3 Å². The molecule has 0 amide bonds. The van der Waals surface area contributed by atoms with Gasteiger partial charge >= 0.3 is 0 Å². The fraction of sp³-hybridized carbons (Fsp3) is 0.600. The summed E-state index contributed by atoms with van der Waals surface area (Å²) in [4.78, 5) is 0. The van der Waals surface area contributed by atoms with Gasteiger partial charge in [0.2, 0.25) is 0 Å². The molecule has 0 heterocycles. The molecular weight excluding hydrogens is 355 g/mol. The molecule has 0 radical (unpaired) electrons. The van der Waals surface area contributed by atoms with Crippen LogP contribution in [0.1, 0.15) is 45.6 Å². The summed E-state index contributed by atoms with van der Waals surface area (Å²) in [6, 6.07) is 4.22. The fourth-order valence-electron chi connectivity index (χ4n) is 1.81. The first kappa shape index (κ1) is 16.6. The van der Waals surface area contributed by atoms with Crippen molar-refractivity contribution in [3.8, 4) is 11.5 Å². The van der Waals surface area contributed by atoms with Crippen LogP contribution >= 0.6 is 22.6 Å². The van der Waals surface area contributed by atoms with Gasteiger partial charge in [-0.05, 0) is 66.5 Å². The Labute approximate surface area is 129 Å². The molecule has 4 heteroatoms. The van der Waals surface area contributed by atoms with Crippen LogP contribution < -0.4 is 9.47 Å². The molecule has 1 rings (SSSR count). The van der Waals surface area contributed by atoms with Crippen LogP contribution in [-0.2, 0) is 4.74 Å². The molecule has 0 aliphatic heterocycles. The van der Waals surface area contributed by atoms with E-state index < -0.39 is 0 Å². The minimum Gasteiger partial charge on any atom is -0.493 e. The van der Waals surface area contributed by atoms with E-state index in [1.807, 2.05) is 13.8 Å². The second kappa shape index (κ2) is 7.94. The molecule has 108 valence electrons. The fourth-order valence-corrected chi connectivity index (χ4v) is 2.56. The van der Waals surface area contributed by atoms with Gasteiger partial charge in [-0.1, -0.05) is 13.8 Å². The minimum absolute atomic E-state index is 0.276. The predicted octanol–water partition coefficient (Wildman–Crippen LogP) is 4.57. The number of benzene rings is 1. The largest absolute Gasteiger partial charge is 0.493 e. The molecule has 0 saturated heterocycles. The van der Waals surface area contributed by atoms with E-state index in [1.165, 1.54) is 5.56 Å². The maximum atomic E-state index is 5.82. The zero-order valence-corrected chi connectivity index (χ0v) is 14.5. The number of ether oxygens (including phenoxy) is 3. The lowest BCUT2D eigenvalue weighted by Crippen LogP contribution is -2.17. The lowest BCUT2D eigenvalue weighted by atomic mass is 9.98. The van der Waals surface area contributed by atoms with Crippen LogP contribution in [0.2, 0.25) is 0 Å². The molecule has 0 spiro atoms. The molecule has 0 aliphatic rings. The SMILES string of the molecule is CCOC(C)Oc1c(I)cc(C(C)CC)cc1OC. The highest BCUT2D eigenvalue weighted by Gasteiger charge is 2.16. The normalized spacial score (nSPS) is 14.0. The van der Waals surface area contributed by atoms with Gasteiger partial charge in [0.25, 0.3) is 0 Å². The molecule has 1 aromatic carbocycles. The van der Waals surface area contributed by atoms with Gasteiger partial charge in [0.15, 0.2) is 17.8 Å². The van der Waals surface area contributed by atoms with Crippen molar-refractivity contribution in [2.24, 2.45) is 0 Å². The standard InChI is InChI=1S/C15H23IO3/c1-6-10(3)12-8-13(16)15(14(9-12)17-5)19-11(4)18-7-2/h8-11H,6-7H2,1-5H3. The van der Waals surface area contributed by atoms with E-state index in [-0.39, 0.29) is 6.29 Å². The van der Waals surface area contributed by atoms with Crippen molar-refractivity contribution < 1.29 is 14.2 Å². The van der Waals surface area contributed by atoms with Crippen molar-refractivity contribution in [1.82, 2.24) is 0 Å². The van der Waals surface area contributed by atoms with Crippen molar-refractivity contribution in [1.29, 1.82) is 0 Å². The smallest absolute Gasteiger partial charge is 0.197 e. The van der Waals surface area contributed by atoms with Gasteiger partial charge in [-0.3, -0.25) is 0 Å². The second-order valence-electron chi connectivity index (χ2n) is 4.48. The number of halogens is 1. The van der Waals surface area contributed by atoms with Gasteiger partial charge in [-0.15, -0.1) is 0 Å². The third-order valence-corrected chi connectivity index (χ3v) is 3.92. The first-order chi connectivity index (χ1) is 9.03. The highest BCUT2D eigenvalue weighted by molar-refractivity contribution is 14.1. The van der Waals surface area contributed by atoms with Gasteiger partial charge in [0.1, 0.15) is 0 Å². The highest BCUT2D eigenvalue weighted by Crippen LogP contribution is 2.37. The Morgan fingerprint density at radius 1 is 1.21 bits per heavy atom. The van der Waals surface area contributed by atoms with E-state index >= 15 is 0 Å². The third-order valence-electron chi connectivity index (χ3n) is 3.12. The minimum atomic E-state index is -0.276. The van der Waals surface area contributed by atoms with E-state index in [2.05, 4.69) is 48.6 Å². The molecule has 19 heavy (non-hydrogen) atoms. The molecule has 2 atom stereocenters. The van der Waals surface area contributed by atoms with Gasteiger partial charge in [-0.2, -0.15) is 0 Å². The van der Waals surface area contributed by atoms with Crippen LogP contribution in [0, 0.1) is 3.57 Å².